The Morgan fingerprint density at radius 1 is 1.17 bits per heavy atom. The number of aromatic nitrogens is 4. The zero-order chi connectivity index (χ0) is 20.5. The van der Waals surface area contributed by atoms with Crippen molar-refractivity contribution in [2.75, 3.05) is 0 Å². The smallest absolute Gasteiger partial charge is 0.262 e. The van der Waals surface area contributed by atoms with Gasteiger partial charge in [0.25, 0.3) is 11.4 Å². The minimum Gasteiger partial charge on any atom is -0.467 e. The van der Waals surface area contributed by atoms with E-state index in [0.29, 0.717) is 44.4 Å². The van der Waals surface area contributed by atoms with Gasteiger partial charge in [-0.3, -0.25) is 9.36 Å². The number of rotatable bonds is 6. The largest absolute Gasteiger partial charge is 0.467 e. The third-order valence-electron chi connectivity index (χ3n) is 4.30. The zero-order valence-corrected chi connectivity index (χ0v) is 17.7. The Morgan fingerprint density at radius 2 is 2.10 bits per heavy atom. The fraction of sp³-hybridized carbons (Fsp3) is 0.100. The summed E-state index contributed by atoms with van der Waals surface area (Å²) in [7, 11) is 0. The van der Waals surface area contributed by atoms with Gasteiger partial charge in [0.1, 0.15) is 5.76 Å². The van der Waals surface area contributed by atoms with E-state index >= 15 is 0 Å². The summed E-state index contributed by atoms with van der Waals surface area (Å²) in [5, 5.41) is 11.7. The number of hydrogen-bond donors (Lipinski definition) is 0. The molecule has 0 spiro atoms. The molecule has 0 aliphatic heterocycles. The fourth-order valence-corrected chi connectivity index (χ4v) is 4.57. The molecule has 0 aliphatic carbocycles. The van der Waals surface area contributed by atoms with Gasteiger partial charge >= 0.3 is 0 Å². The van der Waals surface area contributed by atoms with E-state index in [-0.39, 0.29) is 12.1 Å². The minimum absolute atomic E-state index is 0.166. The maximum atomic E-state index is 13.1. The summed E-state index contributed by atoms with van der Waals surface area (Å²) in [4.78, 5) is 18.7. The van der Waals surface area contributed by atoms with Crippen LogP contribution >= 0.6 is 34.7 Å². The van der Waals surface area contributed by atoms with E-state index in [9.17, 15) is 4.79 Å². The van der Waals surface area contributed by atoms with Gasteiger partial charge in [-0.1, -0.05) is 29.4 Å². The lowest BCUT2D eigenvalue weighted by Gasteiger charge is -2.11. The summed E-state index contributed by atoms with van der Waals surface area (Å²) in [6, 6.07) is 12.5. The topological polar surface area (TPSA) is 87.0 Å². The Kier molecular flexibility index (Phi) is 5.16. The van der Waals surface area contributed by atoms with Crippen LogP contribution < -0.4 is 5.56 Å². The average Bonchev–Trinajstić information content (AvgIpc) is 3.51. The van der Waals surface area contributed by atoms with Gasteiger partial charge in [0.2, 0.25) is 5.89 Å². The molecule has 4 heterocycles. The standard InChI is InChI=1S/C20H13ClN4O3S2/c21-12-5-6-14-15(9-12)22-20(25(19(14)26)10-13-3-1-7-27-13)30-11-17-23-24-18(28-17)16-4-2-8-29-16/h1-9H,10-11H2. The Bertz CT molecular complexity index is 1360. The van der Waals surface area contributed by atoms with Gasteiger partial charge < -0.3 is 8.83 Å². The van der Waals surface area contributed by atoms with Crippen molar-refractivity contribution in [3.05, 3.63) is 81.1 Å². The summed E-state index contributed by atoms with van der Waals surface area (Å²) < 4.78 is 12.8. The Morgan fingerprint density at radius 3 is 2.90 bits per heavy atom. The van der Waals surface area contributed by atoms with E-state index < -0.39 is 0 Å². The quantitative estimate of drug-likeness (QED) is 0.259. The SMILES string of the molecule is O=c1c2ccc(Cl)cc2nc(SCc2nnc(-c3cccs3)o2)n1Cc1ccco1. The maximum Gasteiger partial charge on any atom is 0.262 e. The molecule has 5 aromatic rings. The second-order valence-corrected chi connectivity index (χ2v) is 8.62. The Hall–Kier alpha value is -2.88. The van der Waals surface area contributed by atoms with E-state index in [1.807, 2.05) is 23.6 Å². The number of thioether (sulfide) groups is 1. The second-order valence-electron chi connectivity index (χ2n) is 6.29. The number of nitrogens with zero attached hydrogens (tertiary/aromatic N) is 4. The molecular weight excluding hydrogens is 444 g/mol. The molecule has 0 fully saturated rings. The van der Waals surface area contributed by atoms with Crippen LogP contribution in [0.1, 0.15) is 11.7 Å². The number of benzene rings is 1. The highest BCUT2D eigenvalue weighted by Crippen LogP contribution is 2.27. The molecule has 1 aromatic carbocycles. The molecule has 150 valence electrons. The van der Waals surface area contributed by atoms with E-state index in [4.69, 9.17) is 20.4 Å². The van der Waals surface area contributed by atoms with Crippen molar-refractivity contribution in [1.82, 2.24) is 19.7 Å². The van der Waals surface area contributed by atoms with Crippen molar-refractivity contribution in [1.29, 1.82) is 0 Å². The maximum absolute atomic E-state index is 13.1. The number of furan rings is 1. The lowest BCUT2D eigenvalue weighted by molar-refractivity contribution is 0.476. The molecule has 0 saturated heterocycles. The van der Waals surface area contributed by atoms with Crippen LogP contribution in [0.25, 0.3) is 21.7 Å². The van der Waals surface area contributed by atoms with Crippen molar-refractivity contribution in [3.8, 4) is 10.8 Å². The number of fused-ring (bicyclic) bond motifs is 1. The molecule has 0 saturated carbocycles. The summed E-state index contributed by atoms with van der Waals surface area (Å²) >= 11 is 8.97. The first-order valence-corrected chi connectivity index (χ1v) is 11.1. The molecule has 0 amide bonds. The zero-order valence-electron chi connectivity index (χ0n) is 15.3. The lowest BCUT2D eigenvalue weighted by Crippen LogP contribution is -2.23. The van der Waals surface area contributed by atoms with Crippen LogP contribution in [0.15, 0.2) is 72.9 Å². The van der Waals surface area contributed by atoms with Gasteiger partial charge in [0.15, 0.2) is 5.16 Å². The number of halogens is 1. The van der Waals surface area contributed by atoms with Gasteiger partial charge in [0, 0.05) is 5.02 Å². The van der Waals surface area contributed by atoms with Crippen LogP contribution in [-0.4, -0.2) is 19.7 Å². The van der Waals surface area contributed by atoms with Crippen LogP contribution in [-0.2, 0) is 12.3 Å². The summed E-state index contributed by atoms with van der Waals surface area (Å²) in [5.41, 5.74) is 0.371. The molecule has 10 heteroatoms. The molecule has 7 nitrogen and oxygen atoms in total. The predicted octanol–water partition coefficient (Wildman–Crippen LogP) is 5.10. The van der Waals surface area contributed by atoms with E-state index in [1.54, 1.807) is 35.1 Å². The van der Waals surface area contributed by atoms with Crippen molar-refractivity contribution in [2.45, 2.75) is 17.5 Å². The van der Waals surface area contributed by atoms with Gasteiger partial charge in [-0.25, -0.2) is 4.98 Å². The lowest BCUT2D eigenvalue weighted by atomic mass is 10.2. The van der Waals surface area contributed by atoms with Crippen molar-refractivity contribution >= 4 is 45.6 Å². The van der Waals surface area contributed by atoms with E-state index in [2.05, 4.69) is 15.2 Å². The van der Waals surface area contributed by atoms with Crippen molar-refractivity contribution in [2.24, 2.45) is 0 Å². The van der Waals surface area contributed by atoms with Gasteiger partial charge in [-0.2, -0.15) is 0 Å². The number of thiophene rings is 1. The third kappa shape index (κ3) is 3.79. The minimum atomic E-state index is -0.166. The van der Waals surface area contributed by atoms with Crippen LogP contribution in [0.2, 0.25) is 5.02 Å². The van der Waals surface area contributed by atoms with Gasteiger partial charge in [0.05, 0.1) is 34.3 Å². The predicted molar refractivity (Wildman–Crippen MR) is 116 cm³/mol. The molecule has 0 radical (unpaired) electrons. The highest BCUT2D eigenvalue weighted by molar-refractivity contribution is 7.98. The van der Waals surface area contributed by atoms with E-state index in [0.717, 1.165) is 4.88 Å². The van der Waals surface area contributed by atoms with Crippen molar-refractivity contribution in [3.63, 3.8) is 0 Å². The molecule has 30 heavy (non-hydrogen) atoms. The first-order valence-electron chi connectivity index (χ1n) is 8.89. The summed E-state index contributed by atoms with van der Waals surface area (Å²) in [6.45, 7) is 0.268. The molecule has 5 rings (SSSR count). The molecule has 0 atom stereocenters. The monoisotopic (exact) mass is 456 g/mol. The normalized spacial score (nSPS) is 11.4. The highest BCUT2D eigenvalue weighted by atomic mass is 35.5. The van der Waals surface area contributed by atoms with Crippen LogP contribution in [0.5, 0.6) is 0 Å². The molecule has 0 N–H and O–H groups in total. The van der Waals surface area contributed by atoms with Crippen LogP contribution in [0.4, 0.5) is 0 Å². The summed E-state index contributed by atoms with van der Waals surface area (Å²) in [6.07, 6.45) is 1.58. The molecule has 4 aromatic heterocycles. The molecule has 0 unspecified atom stereocenters. The van der Waals surface area contributed by atoms with E-state index in [1.165, 1.54) is 23.1 Å². The van der Waals surface area contributed by atoms with Crippen LogP contribution in [0, 0.1) is 0 Å². The fourth-order valence-electron chi connectivity index (χ4n) is 2.92. The third-order valence-corrected chi connectivity index (χ3v) is 6.35. The Labute approximate surface area is 183 Å². The molecule has 0 aliphatic rings. The second kappa shape index (κ2) is 8.10. The van der Waals surface area contributed by atoms with Gasteiger partial charge in [-0.05, 0) is 41.8 Å². The first kappa shape index (κ1) is 19.1. The van der Waals surface area contributed by atoms with Gasteiger partial charge in [-0.15, -0.1) is 21.5 Å². The molecular formula is C20H13ClN4O3S2. The van der Waals surface area contributed by atoms with Crippen LogP contribution in [0.3, 0.4) is 0 Å². The Balaban J connectivity index is 1.49. The summed E-state index contributed by atoms with van der Waals surface area (Å²) in [5.74, 6) is 1.96. The van der Waals surface area contributed by atoms with Crippen molar-refractivity contribution < 1.29 is 8.83 Å². The molecule has 0 bridgehead atoms. The highest BCUT2D eigenvalue weighted by Gasteiger charge is 2.16. The number of hydrogen-bond acceptors (Lipinski definition) is 8. The first-order chi connectivity index (χ1) is 14.7. The average molecular weight is 457 g/mol.